The average molecular weight is 203 g/mol. The predicted molar refractivity (Wildman–Crippen MR) is 52.9 cm³/mol. The molecule has 0 fully saturated rings. The highest BCUT2D eigenvalue weighted by atomic mass is 35.5. The van der Waals surface area contributed by atoms with Crippen molar-refractivity contribution in [1.29, 1.82) is 5.41 Å². The Bertz CT molecular complexity index is 315. The maximum Gasteiger partial charge on any atom is 0.133 e. The Morgan fingerprint density at radius 2 is 2.15 bits per heavy atom. The number of nitrogens with one attached hydrogen (secondary N) is 1. The van der Waals surface area contributed by atoms with Crippen LogP contribution >= 0.6 is 12.4 Å². The van der Waals surface area contributed by atoms with Crippen LogP contribution in [0.5, 0.6) is 11.5 Å². The third kappa shape index (κ3) is 2.26. The first-order valence-corrected chi connectivity index (χ1v) is 3.37. The van der Waals surface area contributed by atoms with Crippen LogP contribution in [-0.4, -0.2) is 18.1 Å². The zero-order chi connectivity index (χ0) is 9.14. The standard InChI is InChI=1S/C8H10N2O2.ClH/c1-12-6-4-2-3-5(11)7(6)8(9)10;/h2-4,11H,1H3,(H3,9,10);1H. The van der Waals surface area contributed by atoms with E-state index >= 15 is 0 Å². The molecule has 4 N–H and O–H groups in total. The Morgan fingerprint density at radius 1 is 1.54 bits per heavy atom. The number of nitrogen functional groups attached to an aromatic ring is 1. The van der Waals surface area contributed by atoms with Crippen LogP contribution in [0.15, 0.2) is 18.2 Å². The van der Waals surface area contributed by atoms with Crippen LogP contribution in [0.3, 0.4) is 0 Å². The molecule has 1 aromatic rings. The van der Waals surface area contributed by atoms with Crippen molar-refractivity contribution in [1.82, 2.24) is 0 Å². The third-order valence-corrected chi connectivity index (χ3v) is 1.49. The first-order valence-electron chi connectivity index (χ1n) is 3.37. The zero-order valence-corrected chi connectivity index (χ0v) is 7.89. The fraction of sp³-hybridized carbons (Fsp3) is 0.125. The molecular formula is C8H11ClN2O2. The molecule has 1 aromatic carbocycles. The number of halogens is 1. The number of nitrogens with two attached hydrogens (primary N) is 1. The molecule has 0 aliphatic rings. The quantitative estimate of drug-likeness (QED) is 0.497. The number of benzene rings is 1. The first-order chi connectivity index (χ1) is 5.66. The van der Waals surface area contributed by atoms with Gasteiger partial charge in [-0.3, -0.25) is 5.41 Å². The molecule has 13 heavy (non-hydrogen) atoms. The summed E-state index contributed by atoms with van der Waals surface area (Å²) < 4.78 is 4.91. The third-order valence-electron chi connectivity index (χ3n) is 1.49. The number of aromatic hydroxyl groups is 1. The maximum absolute atomic E-state index is 9.29. The van der Waals surface area contributed by atoms with Gasteiger partial charge >= 0.3 is 0 Å². The number of amidine groups is 1. The molecule has 0 spiro atoms. The Balaban J connectivity index is 0.00000144. The summed E-state index contributed by atoms with van der Waals surface area (Å²) in [6.07, 6.45) is 0. The smallest absolute Gasteiger partial charge is 0.133 e. The molecule has 72 valence electrons. The van der Waals surface area contributed by atoms with Gasteiger partial charge in [0, 0.05) is 0 Å². The second-order valence-electron chi connectivity index (χ2n) is 2.27. The Hall–Kier alpha value is -1.42. The van der Waals surface area contributed by atoms with Crippen molar-refractivity contribution in [3.63, 3.8) is 0 Å². The molecule has 0 unspecified atom stereocenters. The monoisotopic (exact) mass is 202 g/mol. The number of rotatable bonds is 2. The van der Waals surface area contributed by atoms with E-state index in [4.69, 9.17) is 15.9 Å². The molecule has 0 aliphatic carbocycles. The van der Waals surface area contributed by atoms with Gasteiger partial charge in [0.1, 0.15) is 17.3 Å². The number of hydrogen-bond acceptors (Lipinski definition) is 3. The molecule has 0 radical (unpaired) electrons. The van der Waals surface area contributed by atoms with E-state index in [-0.39, 0.29) is 29.6 Å². The largest absolute Gasteiger partial charge is 0.507 e. The highest BCUT2D eigenvalue weighted by Crippen LogP contribution is 2.25. The van der Waals surface area contributed by atoms with E-state index in [0.717, 1.165) is 0 Å². The predicted octanol–water partition coefficient (Wildman–Crippen LogP) is 1.11. The van der Waals surface area contributed by atoms with Gasteiger partial charge < -0.3 is 15.6 Å². The van der Waals surface area contributed by atoms with Crippen molar-refractivity contribution in [2.45, 2.75) is 0 Å². The van der Waals surface area contributed by atoms with Gasteiger partial charge in [0.05, 0.1) is 12.7 Å². The van der Waals surface area contributed by atoms with Gasteiger partial charge in [0.15, 0.2) is 0 Å². The molecule has 4 nitrogen and oxygen atoms in total. The molecule has 1 rings (SSSR count). The summed E-state index contributed by atoms with van der Waals surface area (Å²) in [7, 11) is 1.46. The lowest BCUT2D eigenvalue weighted by atomic mass is 10.1. The topological polar surface area (TPSA) is 79.3 Å². The lowest BCUT2D eigenvalue weighted by Crippen LogP contribution is -2.12. The summed E-state index contributed by atoms with van der Waals surface area (Å²) in [4.78, 5) is 0. The minimum absolute atomic E-state index is 0. The fourth-order valence-corrected chi connectivity index (χ4v) is 0.960. The SMILES string of the molecule is COc1cccc(O)c1C(=N)N.Cl. The lowest BCUT2D eigenvalue weighted by molar-refractivity contribution is 0.406. The molecular weight excluding hydrogens is 192 g/mol. The van der Waals surface area contributed by atoms with Gasteiger partial charge in [-0.1, -0.05) is 6.07 Å². The van der Waals surface area contributed by atoms with Gasteiger partial charge in [-0.15, -0.1) is 12.4 Å². The Kier molecular flexibility index (Phi) is 4.07. The maximum atomic E-state index is 9.29. The Labute approximate surface area is 82.2 Å². The molecule has 0 amide bonds. The van der Waals surface area contributed by atoms with Crippen LogP contribution in [-0.2, 0) is 0 Å². The second kappa shape index (κ2) is 4.57. The van der Waals surface area contributed by atoms with Gasteiger partial charge in [0.25, 0.3) is 0 Å². The lowest BCUT2D eigenvalue weighted by Gasteiger charge is -2.07. The fourth-order valence-electron chi connectivity index (χ4n) is 0.960. The van der Waals surface area contributed by atoms with E-state index in [0.29, 0.717) is 5.75 Å². The summed E-state index contributed by atoms with van der Waals surface area (Å²) in [6.45, 7) is 0. The summed E-state index contributed by atoms with van der Waals surface area (Å²) in [5, 5.41) is 16.5. The minimum atomic E-state index is -0.204. The molecule has 5 heteroatoms. The molecule has 0 saturated heterocycles. The number of ether oxygens (including phenoxy) is 1. The molecule has 0 saturated carbocycles. The van der Waals surface area contributed by atoms with E-state index in [2.05, 4.69) is 0 Å². The molecule has 0 bridgehead atoms. The minimum Gasteiger partial charge on any atom is -0.507 e. The van der Waals surface area contributed by atoms with Crippen molar-refractivity contribution in [3.05, 3.63) is 23.8 Å². The van der Waals surface area contributed by atoms with Gasteiger partial charge in [-0.05, 0) is 12.1 Å². The van der Waals surface area contributed by atoms with Crippen LogP contribution in [0.4, 0.5) is 0 Å². The van der Waals surface area contributed by atoms with Crippen molar-refractivity contribution in [3.8, 4) is 11.5 Å². The van der Waals surface area contributed by atoms with E-state index in [1.54, 1.807) is 12.1 Å². The summed E-state index contributed by atoms with van der Waals surface area (Å²) >= 11 is 0. The van der Waals surface area contributed by atoms with E-state index in [1.807, 2.05) is 0 Å². The first kappa shape index (κ1) is 11.6. The van der Waals surface area contributed by atoms with Crippen LogP contribution < -0.4 is 10.5 Å². The van der Waals surface area contributed by atoms with Crippen molar-refractivity contribution in [2.24, 2.45) is 5.73 Å². The van der Waals surface area contributed by atoms with Crippen LogP contribution in [0, 0.1) is 5.41 Å². The highest BCUT2D eigenvalue weighted by molar-refractivity contribution is 6.00. The molecule has 0 aromatic heterocycles. The number of phenols is 1. The van der Waals surface area contributed by atoms with Gasteiger partial charge in [0.2, 0.25) is 0 Å². The number of hydrogen-bond donors (Lipinski definition) is 3. The van der Waals surface area contributed by atoms with Crippen molar-refractivity contribution >= 4 is 18.2 Å². The summed E-state index contributed by atoms with van der Waals surface area (Å²) in [6, 6.07) is 4.72. The number of phenolic OH excluding ortho intramolecular Hbond substituents is 1. The van der Waals surface area contributed by atoms with E-state index < -0.39 is 0 Å². The summed E-state index contributed by atoms with van der Waals surface area (Å²) in [5.41, 5.74) is 5.47. The molecule has 0 atom stereocenters. The van der Waals surface area contributed by atoms with Crippen LogP contribution in [0.1, 0.15) is 5.56 Å². The second-order valence-corrected chi connectivity index (χ2v) is 2.27. The number of methoxy groups -OCH3 is 1. The Morgan fingerprint density at radius 3 is 2.54 bits per heavy atom. The summed E-state index contributed by atoms with van der Waals surface area (Å²) in [5.74, 6) is 0.161. The highest BCUT2D eigenvalue weighted by Gasteiger charge is 2.09. The zero-order valence-electron chi connectivity index (χ0n) is 7.07. The van der Waals surface area contributed by atoms with Gasteiger partial charge in [-0.2, -0.15) is 0 Å². The molecule has 0 heterocycles. The van der Waals surface area contributed by atoms with Crippen molar-refractivity contribution < 1.29 is 9.84 Å². The van der Waals surface area contributed by atoms with Crippen LogP contribution in [0.2, 0.25) is 0 Å². The van der Waals surface area contributed by atoms with Crippen LogP contribution in [0.25, 0.3) is 0 Å². The van der Waals surface area contributed by atoms with E-state index in [9.17, 15) is 5.11 Å². The average Bonchev–Trinajstić information content (AvgIpc) is 2.03. The molecule has 0 aliphatic heterocycles. The van der Waals surface area contributed by atoms with Crippen molar-refractivity contribution in [2.75, 3.05) is 7.11 Å². The normalized spacial score (nSPS) is 8.69. The van der Waals surface area contributed by atoms with Gasteiger partial charge in [-0.25, -0.2) is 0 Å². The van der Waals surface area contributed by atoms with E-state index in [1.165, 1.54) is 13.2 Å².